The molecule has 1 heterocycles. The molecule has 1 aliphatic heterocycles. The number of halogens is 1. The number of rotatable bonds is 5. The first-order valence-corrected chi connectivity index (χ1v) is 7.77. The molecule has 1 atom stereocenters. The SMILES string of the molecule is Cl.NC(=O)Cc1ccc(NC(=O)CC2CSCCN2)cc1. The molecule has 1 aromatic rings. The van der Waals surface area contributed by atoms with E-state index in [1.165, 1.54) is 0 Å². The maximum absolute atomic E-state index is 11.9. The van der Waals surface area contributed by atoms with Gasteiger partial charge in [-0.3, -0.25) is 9.59 Å². The zero-order chi connectivity index (χ0) is 14.4. The van der Waals surface area contributed by atoms with Crippen molar-refractivity contribution in [1.82, 2.24) is 5.32 Å². The van der Waals surface area contributed by atoms with Gasteiger partial charge in [-0.15, -0.1) is 12.4 Å². The summed E-state index contributed by atoms with van der Waals surface area (Å²) in [6.45, 7) is 0.963. The molecule has 0 saturated carbocycles. The number of hydrogen-bond acceptors (Lipinski definition) is 4. The summed E-state index contributed by atoms with van der Waals surface area (Å²) in [5.74, 6) is 1.74. The van der Waals surface area contributed by atoms with E-state index >= 15 is 0 Å². The summed E-state index contributed by atoms with van der Waals surface area (Å²) in [6, 6.07) is 7.44. The first kappa shape index (κ1) is 17.8. The molecule has 116 valence electrons. The van der Waals surface area contributed by atoms with Gasteiger partial charge in [-0.05, 0) is 17.7 Å². The molecule has 1 aromatic carbocycles. The van der Waals surface area contributed by atoms with E-state index in [0.29, 0.717) is 6.42 Å². The smallest absolute Gasteiger partial charge is 0.225 e. The highest BCUT2D eigenvalue weighted by Gasteiger charge is 2.16. The van der Waals surface area contributed by atoms with Crippen LogP contribution in [0.15, 0.2) is 24.3 Å². The number of hydrogen-bond donors (Lipinski definition) is 3. The molecule has 4 N–H and O–H groups in total. The highest BCUT2D eigenvalue weighted by Crippen LogP contribution is 2.13. The lowest BCUT2D eigenvalue weighted by molar-refractivity contribution is -0.117. The fourth-order valence-corrected chi connectivity index (χ4v) is 3.04. The molecule has 2 rings (SSSR count). The van der Waals surface area contributed by atoms with Crippen molar-refractivity contribution in [2.45, 2.75) is 18.9 Å². The molecule has 0 radical (unpaired) electrons. The summed E-state index contributed by atoms with van der Waals surface area (Å²) in [5, 5.41) is 6.20. The second-order valence-corrected chi connectivity index (χ2v) is 5.97. The summed E-state index contributed by atoms with van der Waals surface area (Å²) in [5.41, 5.74) is 6.72. The van der Waals surface area contributed by atoms with Gasteiger partial charge in [0.05, 0.1) is 6.42 Å². The van der Waals surface area contributed by atoms with Gasteiger partial charge in [-0.25, -0.2) is 0 Å². The minimum absolute atomic E-state index is 0. The maximum atomic E-state index is 11.9. The first-order valence-electron chi connectivity index (χ1n) is 6.62. The molecule has 0 aliphatic carbocycles. The van der Waals surface area contributed by atoms with Gasteiger partial charge in [0.1, 0.15) is 0 Å². The maximum Gasteiger partial charge on any atom is 0.225 e. The van der Waals surface area contributed by atoms with Crippen LogP contribution in [0.5, 0.6) is 0 Å². The molecule has 2 amide bonds. The summed E-state index contributed by atoms with van der Waals surface area (Å²) in [4.78, 5) is 22.7. The van der Waals surface area contributed by atoms with Crippen LogP contribution in [0.25, 0.3) is 0 Å². The summed E-state index contributed by atoms with van der Waals surface area (Å²) < 4.78 is 0. The van der Waals surface area contributed by atoms with Crippen LogP contribution in [-0.2, 0) is 16.0 Å². The minimum Gasteiger partial charge on any atom is -0.369 e. The third kappa shape index (κ3) is 6.37. The van der Waals surface area contributed by atoms with Gasteiger partial charge in [-0.1, -0.05) is 12.1 Å². The zero-order valence-electron chi connectivity index (χ0n) is 11.6. The third-order valence-electron chi connectivity index (χ3n) is 3.05. The Labute approximate surface area is 134 Å². The Morgan fingerprint density at radius 3 is 2.62 bits per heavy atom. The standard InChI is InChI=1S/C14H19N3O2S.ClH/c15-13(18)7-10-1-3-11(4-2-10)17-14(19)8-12-9-20-6-5-16-12;/h1-4,12,16H,5-9H2,(H2,15,18)(H,17,19);1H. The first-order chi connectivity index (χ1) is 9.63. The Balaban J connectivity index is 0.00000220. The van der Waals surface area contributed by atoms with Crippen LogP contribution in [0.3, 0.4) is 0 Å². The second kappa shape index (κ2) is 8.92. The van der Waals surface area contributed by atoms with E-state index in [-0.39, 0.29) is 36.7 Å². The lowest BCUT2D eigenvalue weighted by atomic mass is 10.1. The monoisotopic (exact) mass is 329 g/mol. The fraction of sp³-hybridized carbons (Fsp3) is 0.429. The van der Waals surface area contributed by atoms with Crippen LogP contribution in [-0.4, -0.2) is 35.9 Å². The van der Waals surface area contributed by atoms with Crippen molar-refractivity contribution in [3.63, 3.8) is 0 Å². The molecule has 1 fully saturated rings. The van der Waals surface area contributed by atoms with Crippen LogP contribution in [0, 0.1) is 0 Å². The highest BCUT2D eigenvalue weighted by molar-refractivity contribution is 7.99. The minimum atomic E-state index is -0.359. The Kier molecular flexibility index (Phi) is 7.56. The topological polar surface area (TPSA) is 84.2 Å². The Morgan fingerprint density at radius 1 is 1.33 bits per heavy atom. The molecule has 0 spiro atoms. The van der Waals surface area contributed by atoms with Gasteiger partial charge in [0.2, 0.25) is 11.8 Å². The normalized spacial score (nSPS) is 17.6. The average Bonchev–Trinajstić information content (AvgIpc) is 2.41. The van der Waals surface area contributed by atoms with Crippen molar-refractivity contribution >= 4 is 41.7 Å². The molecule has 0 bridgehead atoms. The fourth-order valence-electron chi connectivity index (χ4n) is 2.09. The van der Waals surface area contributed by atoms with Crippen LogP contribution < -0.4 is 16.4 Å². The molecule has 1 aliphatic rings. The molecule has 5 nitrogen and oxygen atoms in total. The molecular formula is C14H20ClN3O2S. The Bertz CT molecular complexity index is 476. The average molecular weight is 330 g/mol. The van der Waals surface area contributed by atoms with E-state index in [9.17, 15) is 9.59 Å². The number of carbonyl (C=O) groups is 2. The van der Waals surface area contributed by atoms with Gasteiger partial charge >= 0.3 is 0 Å². The lowest BCUT2D eigenvalue weighted by Gasteiger charge is -2.22. The van der Waals surface area contributed by atoms with Crippen LogP contribution in [0.1, 0.15) is 12.0 Å². The van der Waals surface area contributed by atoms with Crippen LogP contribution in [0.2, 0.25) is 0 Å². The van der Waals surface area contributed by atoms with E-state index in [2.05, 4.69) is 10.6 Å². The number of nitrogens with one attached hydrogen (secondary N) is 2. The molecule has 0 aromatic heterocycles. The molecule has 7 heteroatoms. The molecular weight excluding hydrogens is 310 g/mol. The van der Waals surface area contributed by atoms with Crippen LogP contribution >= 0.6 is 24.2 Å². The van der Waals surface area contributed by atoms with Gasteiger partial charge in [-0.2, -0.15) is 11.8 Å². The van der Waals surface area contributed by atoms with Gasteiger partial charge in [0.25, 0.3) is 0 Å². The van der Waals surface area contributed by atoms with E-state index in [1.807, 2.05) is 11.8 Å². The largest absolute Gasteiger partial charge is 0.369 e. The Hall–Kier alpha value is -1.24. The van der Waals surface area contributed by atoms with E-state index in [1.54, 1.807) is 24.3 Å². The number of nitrogens with two attached hydrogens (primary N) is 1. The quantitative estimate of drug-likeness (QED) is 0.757. The van der Waals surface area contributed by atoms with E-state index in [0.717, 1.165) is 29.3 Å². The second-order valence-electron chi connectivity index (χ2n) is 4.82. The number of amides is 2. The van der Waals surface area contributed by atoms with Crippen molar-refractivity contribution in [3.8, 4) is 0 Å². The van der Waals surface area contributed by atoms with Crippen molar-refractivity contribution in [2.75, 3.05) is 23.4 Å². The zero-order valence-corrected chi connectivity index (χ0v) is 13.3. The van der Waals surface area contributed by atoms with E-state index < -0.39 is 0 Å². The van der Waals surface area contributed by atoms with Crippen LogP contribution in [0.4, 0.5) is 5.69 Å². The number of anilines is 1. The predicted molar refractivity (Wildman–Crippen MR) is 89.0 cm³/mol. The van der Waals surface area contributed by atoms with Crippen molar-refractivity contribution in [1.29, 1.82) is 0 Å². The van der Waals surface area contributed by atoms with Crippen molar-refractivity contribution < 1.29 is 9.59 Å². The predicted octanol–water partition coefficient (Wildman–Crippen LogP) is 1.17. The molecule has 1 unspecified atom stereocenters. The Morgan fingerprint density at radius 2 is 2.05 bits per heavy atom. The lowest BCUT2D eigenvalue weighted by Crippen LogP contribution is -2.39. The van der Waals surface area contributed by atoms with Crippen molar-refractivity contribution in [3.05, 3.63) is 29.8 Å². The van der Waals surface area contributed by atoms with Gasteiger partial charge in [0.15, 0.2) is 0 Å². The van der Waals surface area contributed by atoms with Gasteiger partial charge < -0.3 is 16.4 Å². The highest BCUT2D eigenvalue weighted by atomic mass is 35.5. The molecule has 1 saturated heterocycles. The molecule has 21 heavy (non-hydrogen) atoms. The van der Waals surface area contributed by atoms with E-state index in [4.69, 9.17) is 5.73 Å². The number of carbonyl (C=O) groups excluding carboxylic acids is 2. The number of primary amides is 1. The summed E-state index contributed by atoms with van der Waals surface area (Å²) >= 11 is 1.87. The summed E-state index contributed by atoms with van der Waals surface area (Å²) in [6.07, 6.45) is 0.702. The summed E-state index contributed by atoms with van der Waals surface area (Å²) in [7, 11) is 0. The third-order valence-corrected chi connectivity index (χ3v) is 4.18. The van der Waals surface area contributed by atoms with Gasteiger partial charge in [0, 0.05) is 36.2 Å². The number of benzene rings is 1. The van der Waals surface area contributed by atoms with Crippen molar-refractivity contribution in [2.24, 2.45) is 5.73 Å². The number of thioether (sulfide) groups is 1.